The predicted octanol–water partition coefficient (Wildman–Crippen LogP) is 3.00. The van der Waals surface area contributed by atoms with Crippen molar-refractivity contribution in [1.82, 2.24) is 10.6 Å². The summed E-state index contributed by atoms with van der Waals surface area (Å²) in [5.41, 5.74) is 5.42. The molecule has 23 heavy (non-hydrogen) atoms. The Kier molecular flexibility index (Phi) is 5.18. The maximum Gasteiger partial charge on any atom is 0.191 e. The van der Waals surface area contributed by atoms with Crippen LogP contribution in [0.2, 0.25) is 0 Å². The molecule has 0 saturated carbocycles. The Morgan fingerprint density at radius 2 is 2.04 bits per heavy atom. The number of guanidine groups is 1. The van der Waals surface area contributed by atoms with Gasteiger partial charge in [0.25, 0.3) is 0 Å². The molecule has 0 fully saturated rings. The Balaban J connectivity index is 1.56. The summed E-state index contributed by atoms with van der Waals surface area (Å²) in [4.78, 5) is 6.64. The molecule has 0 spiro atoms. The lowest BCUT2D eigenvalue weighted by atomic mass is 9.99. The van der Waals surface area contributed by atoms with Crippen molar-refractivity contribution in [3.8, 4) is 0 Å². The quantitative estimate of drug-likeness (QED) is 0.669. The molecule has 2 heterocycles. The minimum Gasteiger partial charge on any atom is -0.374 e. The van der Waals surface area contributed by atoms with Gasteiger partial charge in [0.1, 0.15) is 0 Å². The van der Waals surface area contributed by atoms with Crippen LogP contribution in [-0.4, -0.2) is 26.6 Å². The van der Waals surface area contributed by atoms with Gasteiger partial charge in [0.15, 0.2) is 5.96 Å². The molecule has 0 saturated heterocycles. The van der Waals surface area contributed by atoms with Crippen LogP contribution in [0.15, 0.2) is 40.0 Å². The monoisotopic (exact) mass is 328 g/mol. The molecule has 4 nitrogen and oxygen atoms in total. The Hall–Kier alpha value is -2.01. The zero-order valence-electron chi connectivity index (χ0n) is 13.8. The highest BCUT2D eigenvalue weighted by Crippen LogP contribution is 2.26. The molecule has 0 radical (unpaired) electrons. The highest BCUT2D eigenvalue weighted by Gasteiger charge is 2.13. The van der Waals surface area contributed by atoms with E-state index >= 15 is 0 Å². The Bertz CT molecular complexity index is 664. The molecular weight excluding hydrogens is 304 g/mol. The van der Waals surface area contributed by atoms with Crippen LogP contribution in [0.1, 0.15) is 23.1 Å². The van der Waals surface area contributed by atoms with E-state index in [1.807, 2.05) is 7.05 Å². The first-order valence-corrected chi connectivity index (χ1v) is 8.99. The van der Waals surface area contributed by atoms with Crippen LogP contribution in [0.25, 0.3) is 0 Å². The molecule has 1 aromatic heterocycles. The first-order chi connectivity index (χ1) is 11.3. The predicted molar refractivity (Wildman–Crippen MR) is 99.4 cm³/mol. The Labute approximate surface area is 142 Å². The second-order valence-corrected chi connectivity index (χ2v) is 6.68. The van der Waals surface area contributed by atoms with E-state index in [0.29, 0.717) is 0 Å². The fraction of sp³-hybridized carbons (Fsp3) is 0.389. The van der Waals surface area contributed by atoms with Crippen LogP contribution in [0, 0.1) is 0 Å². The van der Waals surface area contributed by atoms with Crippen molar-refractivity contribution in [2.75, 3.05) is 25.5 Å². The highest BCUT2D eigenvalue weighted by molar-refractivity contribution is 7.07. The summed E-state index contributed by atoms with van der Waals surface area (Å²) in [5.74, 6) is 0.839. The fourth-order valence-corrected chi connectivity index (χ4v) is 3.60. The van der Waals surface area contributed by atoms with Gasteiger partial charge in [-0.25, -0.2) is 0 Å². The lowest BCUT2D eigenvalue weighted by Crippen LogP contribution is -2.36. The number of benzene rings is 1. The van der Waals surface area contributed by atoms with Crippen molar-refractivity contribution < 1.29 is 0 Å². The van der Waals surface area contributed by atoms with Crippen LogP contribution in [-0.2, 0) is 19.5 Å². The van der Waals surface area contributed by atoms with E-state index in [4.69, 9.17) is 0 Å². The molecule has 2 N–H and O–H groups in total. The molecule has 0 bridgehead atoms. The molecule has 1 aliphatic heterocycles. The van der Waals surface area contributed by atoms with Crippen LogP contribution in [0.4, 0.5) is 5.69 Å². The number of nitrogens with zero attached hydrogens (tertiary/aromatic N) is 2. The topological polar surface area (TPSA) is 39.7 Å². The Morgan fingerprint density at radius 1 is 1.22 bits per heavy atom. The van der Waals surface area contributed by atoms with Crippen molar-refractivity contribution in [3.63, 3.8) is 0 Å². The summed E-state index contributed by atoms with van der Waals surface area (Å²) in [7, 11) is 3.98. The number of fused-ring (bicyclic) bond motifs is 1. The number of aryl methyl sites for hydroxylation is 1. The average Bonchev–Trinajstić information content (AvgIpc) is 3.08. The summed E-state index contributed by atoms with van der Waals surface area (Å²) in [6, 6.07) is 8.90. The lowest BCUT2D eigenvalue weighted by Gasteiger charge is -2.28. The van der Waals surface area contributed by atoms with Gasteiger partial charge in [0.2, 0.25) is 0 Å². The van der Waals surface area contributed by atoms with Crippen molar-refractivity contribution in [2.45, 2.75) is 25.9 Å². The van der Waals surface area contributed by atoms with E-state index in [1.54, 1.807) is 11.3 Å². The van der Waals surface area contributed by atoms with Crippen molar-refractivity contribution in [3.05, 3.63) is 51.7 Å². The van der Waals surface area contributed by atoms with Crippen LogP contribution >= 0.6 is 11.3 Å². The second-order valence-electron chi connectivity index (χ2n) is 5.90. The largest absolute Gasteiger partial charge is 0.374 e. The molecule has 0 amide bonds. The number of hydrogen-bond donors (Lipinski definition) is 2. The van der Waals surface area contributed by atoms with Gasteiger partial charge in [-0.15, -0.1) is 0 Å². The third kappa shape index (κ3) is 4.05. The van der Waals surface area contributed by atoms with E-state index in [-0.39, 0.29) is 0 Å². The Morgan fingerprint density at radius 3 is 2.78 bits per heavy atom. The van der Waals surface area contributed by atoms with Crippen LogP contribution in [0.5, 0.6) is 0 Å². The molecule has 0 atom stereocenters. The van der Waals surface area contributed by atoms with E-state index < -0.39 is 0 Å². The van der Waals surface area contributed by atoms with Crippen molar-refractivity contribution in [1.29, 1.82) is 0 Å². The van der Waals surface area contributed by atoms with Crippen molar-refractivity contribution >= 4 is 23.0 Å². The number of rotatable bonds is 4. The maximum atomic E-state index is 4.29. The van der Waals surface area contributed by atoms with Gasteiger partial charge < -0.3 is 15.5 Å². The molecule has 0 unspecified atom stereocenters. The number of aliphatic imine (C=N–C) groups is 1. The smallest absolute Gasteiger partial charge is 0.191 e. The standard InChI is InChI=1S/C18H24N4S/c1-19-18(21-12-15-7-9-23-13-15)20-11-14-5-6-17-16(10-14)4-3-8-22(17)2/h5-7,9-10,13H,3-4,8,11-12H2,1-2H3,(H2,19,20,21). The van der Waals surface area contributed by atoms with E-state index in [2.05, 4.69) is 62.6 Å². The minimum absolute atomic E-state index is 0.792. The van der Waals surface area contributed by atoms with Gasteiger partial charge in [-0.3, -0.25) is 4.99 Å². The molecular formula is C18H24N4S. The number of anilines is 1. The third-order valence-corrected chi connectivity index (χ3v) is 4.95. The normalized spacial score (nSPS) is 14.5. The SMILES string of the molecule is CN=C(NCc1ccsc1)NCc1ccc2c(c1)CCCN2C. The number of nitrogens with one attached hydrogen (secondary N) is 2. The molecule has 1 aromatic carbocycles. The maximum absolute atomic E-state index is 4.29. The molecule has 5 heteroatoms. The second kappa shape index (κ2) is 7.51. The lowest BCUT2D eigenvalue weighted by molar-refractivity contribution is 0.740. The summed E-state index contributed by atoms with van der Waals surface area (Å²) in [5, 5.41) is 11.0. The molecule has 0 aliphatic carbocycles. The minimum atomic E-state index is 0.792. The van der Waals surface area contributed by atoms with Crippen molar-refractivity contribution in [2.24, 2.45) is 4.99 Å². The van der Waals surface area contributed by atoms with Gasteiger partial charge in [0, 0.05) is 39.4 Å². The summed E-state index contributed by atoms with van der Waals surface area (Å²) in [6.45, 7) is 2.75. The summed E-state index contributed by atoms with van der Waals surface area (Å²) < 4.78 is 0. The zero-order valence-corrected chi connectivity index (χ0v) is 14.6. The van der Waals surface area contributed by atoms with Gasteiger partial charge in [-0.2, -0.15) is 11.3 Å². The van der Waals surface area contributed by atoms with Gasteiger partial charge in [0.05, 0.1) is 0 Å². The molecule has 3 rings (SSSR count). The van der Waals surface area contributed by atoms with E-state index in [1.165, 1.54) is 35.2 Å². The molecule has 2 aromatic rings. The fourth-order valence-electron chi connectivity index (χ4n) is 2.93. The average molecular weight is 328 g/mol. The summed E-state index contributed by atoms with van der Waals surface area (Å²) in [6.07, 6.45) is 2.42. The van der Waals surface area contributed by atoms with Crippen LogP contribution in [0.3, 0.4) is 0 Å². The highest BCUT2D eigenvalue weighted by atomic mass is 32.1. The number of thiophene rings is 1. The molecule has 1 aliphatic rings. The summed E-state index contributed by atoms with van der Waals surface area (Å²) >= 11 is 1.72. The first-order valence-electron chi connectivity index (χ1n) is 8.05. The van der Waals surface area contributed by atoms with E-state index in [0.717, 1.165) is 25.6 Å². The third-order valence-electron chi connectivity index (χ3n) is 4.22. The van der Waals surface area contributed by atoms with E-state index in [9.17, 15) is 0 Å². The first kappa shape index (κ1) is 15.9. The van der Waals surface area contributed by atoms with Gasteiger partial charge >= 0.3 is 0 Å². The van der Waals surface area contributed by atoms with Gasteiger partial charge in [-0.05, 0) is 52.4 Å². The van der Waals surface area contributed by atoms with Crippen LogP contribution < -0.4 is 15.5 Å². The number of hydrogen-bond acceptors (Lipinski definition) is 3. The zero-order chi connectivity index (χ0) is 16.1. The van der Waals surface area contributed by atoms with Gasteiger partial charge in [-0.1, -0.05) is 12.1 Å². The molecule has 122 valence electrons.